The first-order valence-electron chi connectivity index (χ1n) is 8.41. The number of rotatable bonds is 4. The molecule has 1 aromatic heterocycles. The number of carboxylic acids is 1. The van der Waals surface area contributed by atoms with Crippen LogP contribution in [0.25, 0.3) is 0 Å². The lowest BCUT2D eigenvalue weighted by atomic mass is 9.87. The van der Waals surface area contributed by atoms with Crippen LogP contribution in [0.1, 0.15) is 43.3 Å². The molecule has 0 bridgehead atoms. The first kappa shape index (κ1) is 16.7. The van der Waals surface area contributed by atoms with Crippen LogP contribution in [0.5, 0.6) is 0 Å². The Morgan fingerprint density at radius 3 is 2.58 bits per heavy atom. The van der Waals surface area contributed by atoms with Crippen molar-refractivity contribution in [3.05, 3.63) is 52.8 Å². The van der Waals surface area contributed by atoms with E-state index >= 15 is 0 Å². The number of aliphatic carboxylic acids is 1. The molecular weight excluding hydrogens is 302 g/mol. The average molecular weight is 327 g/mol. The summed E-state index contributed by atoms with van der Waals surface area (Å²) in [5, 5.41) is 13.8. The van der Waals surface area contributed by atoms with Crippen LogP contribution in [0.15, 0.2) is 30.3 Å². The predicted octanol–water partition coefficient (Wildman–Crippen LogP) is 2.82. The van der Waals surface area contributed by atoms with Crippen molar-refractivity contribution in [2.24, 2.45) is 0 Å². The molecule has 0 spiro atoms. The zero-order valence-electron chi connectivity index (χ0n) is 14.6. The van der Waals surface area contributed by atoms with E-state index in [0.29, 0.717) is 0 Å². The minimum absolute atomic E-state index is 0.0584. The van der Waals surface area contributed by atoms with E-state index in [9.17, 15) is 4.79 Å². The van der Waals surface area contributed by atoms with E-state index in [2.05, 4.69) is 55.0 Å². The van der Waals surface area contributed by atoms with Crippen LogP contribution < -0.4 is 0 Å². The molecule has 0 unspecified atom stereocenters. The van der Waals surface area contributed by atoms with Gasteiger partial charge in [0.2, 0.25) is 0 Å². The fraction of sp³-hybridized carbons (Fsp3) is 0.474. The molecule has 2 aromatic rings. The average Bonchev–Trinajstić information content (AvgIpc) is 2.86. The zero-order valence-corrected chi connectivity index (χ0v) is 14.6. The molecule has 1 N–H and O–H groups in total. The summed E-state index contributed by atoms with van der Waals surface area (Å²) in [6, 6.07) is 10.5. The maximum Gasteiger partial charge on any atom is 0.325 e. The van der Waals surface area contributed by atoms with Gasteiger partial charge in [0.05, 0.1) is 5.69 Å². The van der Waals surface area contributed by atoms with Crippen molar-refractivity contribution in [3.8, 4) is 0 Å². The van der Waals surface area contributed by atoms with Gasteiger partial charge in [-0.1, -0.05) is 51.1 Å². The monoisotopic (exact) mass is 327 g/mol. The highest BCUT2D eigenvalue weighted by Gasteiger charge is 2.30. The van der Waals surface area contributed by atoms with Crippen molar-refractivity contribution in [1.29, 1.82) is 0 Å². The number of hydrogen-bond donors (Lipinski definition) is 1. The molecule has 24 heavy (non-hydrogen) atoms. The zero-order chi connectivity index (χ0) is 17.3. The fourth-order valence-corrected chi connectivity index (χ4v) is 3.38. The Balaban J connectivity index is 1.89. The molecule has 0 atom stereocenters. The summed E-state index contributed by atoms with van der Waals surface area (Å²) in [4.78, 5) is 13.6. The molecule has 0 aliphatic carbocycles. The van der Waals surface area contributed by atoms with E-state index in [1.54, 1.807) is 4.68 Å². The summed E-state index contributed by atoms with van der Waals surface area (Å²) in [7, 11) is 0. The highest BCUT2D eigenvalue weighted by Crippen LogP contribution is 2.31. The largest absolute Gasteiger partial charge is 0.480 e. The van der Waals surface area contributed by atoms with Crippen LogP contribution in [-0.4, -0.2) is 32.3 Å². The molecular formula is C19H25N3O2. The Bertz CT molecular complexity index is 729. The smallest absolute Gasteiger partial charge is 0.325 e. The van der Waals surface area contributed by atoms with Gasteiger partial charge in [0.1, 0.15) is 6.54 Å². The van der Waals surface area contributed by atoms with Crippen LogP contribution in [-0.2, 0) is 36.3 Å². The van der Waals surface area contributed by atoms with Gasteiger partial charge in [-0.2, -0.15) is 5.10 Å². The van der Waals surface area contributed by atoms with Crippen molar-refractivity contribution in [2.75, 3.05) is 6.54 Å². The van der Waals surface area contributed by atoms with E-state index in [1.165, 1.54) is 11.1 Å². The molecule has 128 valence electrons. The normalized spacial score (nSPS) is 15.3. The number of carboxylic acid groups (broad SMARTS) is 1. The van der Waals surface area contributed by atoms with Crippen molar-refractivity contribution < 1.29 is 9.90 Å². The van der Waals surface area contributed by atoms with Crippen LogP contribution in [0.4, 0.5) is 0 Å². The molecule has 1 aliphatic heterocycles. The Morgan fingerprint density at radius 2 is 1.96 bits per heavy atom. The van der Waals surface area contributed by atoms with Gasteiger partial charge in [0, 0.05) is 42.7 Å². The molecule has 5 heteroatoms. The number of carbonyl (C=O) groups is 1. The van der Waals surface area contributed by atoms with Gasteiger partial charge >= 0.3 is 5.97 Å². The van der Waals surface area contributed by atoms with Gasteiger partial charge in [-0.3, -0.25) is 14.4 Å². The number of fused-ring (bicyclic) bond motifs is 1. The highest BCUT2D eigenvalue weighted by atomic mass is 16.4. The van der Waals surface area contributed by atoms with Gasteiger partial charge in [-0.25, -0.2) is 0 Å². The topological polar surface area (TPSA) is 58.4 Å². The van der Waals surface area contributed by atoms with E-state index in [1.807, 2.05) is 6.07 Å². The van der Waals surface area contributed by atoms with Crippen LogP contribution in [0, 0.1) is 0 Å². The van der Waals surface area contributed by atoms with Crippen molar-refractivity contribution in [1.82, 2.24) is 14.7 Å². The van der Waals surface area contributed by atoms with Crippen molar-refractivity contribution in [3.63, 3.8) is 0 Å². The first-order valence-corrected chi connectivity index (χ1v) is 8.41. The standard InChI is InChI=1S/C19H25N3O2/c1-19(2,3)18-15-12-21(11-14-7-5-4-6-8-14)10-9-16(15)22(20-18)13-17(23)24/h4-8H,9-13H2,1-3H3,(H,23,24). The van der Waals surface area contributed by atoms with E-state index in [4.69, 9.17) is 5.11 Å². The third-order valence-corrected chi connectivity index (χ3v) is 4.46. The molecule has 5 nitrogen and oxygen atoms in total. The second-order valence-corrected chi connectivity index (χ2v) is 7.52. The first-order chi connectivity index (χ1) is 11.3. The molecule has 0 fully saturated rings. The fourth-order valence-electron chi connectivity index (χ4n) is 3.38. The lowest BCUT2D eigenvalue weighted by molar-refractivity contribution is -0.137. The van der Waals surface area contributed by atoms with Gasteiger partial charge in [-0.15, -0.1) is 0 Å². The minimum atomic E-state index is -0.840. The Kier molecular flexibility index (Phi) is 4.45. The Labute approximate surface area is 142 Å². The molecule has 0 amide bonds. The second-order valence-electron chi connectivity index (χ2n) is 7.52. The van der Waals surface area contributed by atoms with Gasteiger partial charge in [0.25, 0.3) is 0 Å². The molecule has 0 saturated carbocycles. The third-order valence-electron chi connectivity index (χ3n) is 4.46. The molecule has 0 saturated heterocycles. The summed E-state index contributed by atoms with van der Waals surface area (Å²) in [6.45, 7) is 9.02. The Morgan fingerprint density at radius 1 is 1.25 bits per heavy atom. The van der Waals surface area contributed by atoms with Gasteiger partial charge in [-0.05, 0) is 5.56 Å². The highest BCUT2D eigenvalue weighted by molar-refractivity contribution is 5.66. The summed E-state index contributed by atoms with van der Waals surface area (Å²) in [5.74, 6) is -0.840. The molecule has 0 radical (unpaired) electrons. The summed E-state index contributed by atoms with van der Waals surface area (Å²) < 4.78 is 1.69. The summed E-state index contributed by atoms with van der Waals surface area (Å²) in [6.07, 6.45) is 0.846. The predicted molar refractivity (Wildman–Crippen MR) is 92.8 cm³/mol. The Hall–Kier alpha value is -2.14. The summed E-state index contributed by atoms with van der Waals surface area (Å²) >= 11 is 0. The number of benzene rings is 1. The second kappa shape index (κ2) is 6.40. The maximum atomic E-state index is 11.1. The number of hydrogen-bond acceptors (Lipinski definition) is 3. The van der Waals surface area contributed by atoms with Crippen molar-refractivity contribution in [2.45, 2.75) is 52.2 Å². The molecule has 3 rings (SSSR count). The van der Waals surface area contributed by atoms with E-state index in [0.717, 1.165) is 37.4 Å². The lowest BCUT2D eigenvalue weighted by Crippen LogP contribution is -2.32. The minimum Gasteiger partial charge on any atom is -0.480 e. The number of aromatic nitrogens is 2. The van der Waals surface area contributed by atoms with Gasteiger partial charge < -0.3 is 5.11 Å². The van der Waals surface area contributed by atoms with E-state index in [-0.39, 0.29) is 12.0 Å². The van der Waals surface area contributed by atoms with Crippen LogP contribution >= 0.6 is 0 Å². The van der Waals surface area contributed by atoms with Gasteiger partial charge in [0.15, 0.2) is 0 Å². The third kappa shape index (κ3) is 3.51. The SMILES string of the molecule is CC(C)(C)c1nn(CC(=O)O)c2c1CN(Cc1ccccc1)CC2. The quantitative estimate of drug-likeness (QED) is 0.938. The lowest BCUT2D eigenvalue weighted by Gasteiger charge is -2.29. The van der Waals surface area contributed by atoms with Crippen LogP contribution in [0.2, 0.25) is 0 Å². The maximum absolute atomic E-state index is 11.1. The van der Waals surface area contributed by atoms with Crippen LogP contribution in [0.3, 0.4) is 0 Å². The molecule has 1 aliphatic rings. The molecule has 1 aromatic carbocycles. The number of nitrogens with zero attached hydrogens (tertiary/aromatic N) is 3. The van der Waals surface area contributed by atoms with E-state index < -0.39 is 5.97 Å². The summed E-state index contributed by atoms with van der Waals surface area (Å²) in [5.41, 5.74) is 4.54. The van der Waals surface area contributed by atoms with Crippen molar-refractivity contribution >= 4 is 5.97 Å². The molecule has 2 heterocycles.